The number of alkyl halides is 5. The maximum absolute atomic E-state index is 14.6. The first-order valence-electron chi connectivity index (χ1n) is 13.4. The van der Waals surface area contributed by atoms with Crippen LogP contribution in [0.3, 0.4) is 0 Å². The summed E-state index contributed by atoms with van der Waals surface area (Å²) >= 11 is 0. The minimum absolute atomic E-state index is 0.0689. The van der Waals surface area contributed by atoms with Gasteiger partial charge in [-0.25, -0.2) is 18.0 Å². The topological polar surface area (TPSA) is 44.6 Å². The lowest BCUT2D eigenvalue weighted by Gasteiger charge is -2.46. The van der Waals surface area contributed by atoms with Crippen molar-refractivity contribution in [2.75, 3.05) is 22.9 Å². The highest BCUT2D eigenvalue weighted by Gasteiger charge is 2.44. The molecule has 5 rings (SSSR count). The summed E-state index contributed by atoms with van der Waals surface area (Å²) in [5, 5.41) is 4.24. The van der Waals surface area contributed by atoms with Gasteiger partial charge in [-0.15, -0.1) is 0 Å². The van der Waals surface area contributed by atoms with Gasteiger partial charge >= 0.3 is 12.2 Å². The molecular formula is C29H31F6N5O. The summed E-state index contributed by atoms with van der Waals surface area (Å²) in [6, 6.07) is 8.44. The molecule has 0 bridgehead atoms. The van der Waals surface area contributed by atoms with Gasteiger partial charge in [-0.1, -0.05) is 30.3 Å². The molecule has 41 heavy (non-hydrogen) atoms. The van der Waals surface area contributed by atoms with Crippen LogP contribution in [-0.2, 0) is 19.3 Å². The van der Waals surface area contributed by atoms with Crippen molar-refractivity contribution >= 4 is 17.5 Å². The van der Waals surface area contributed by atoms with Crippen molar-refractivity contribution in [1.29, 1.82) is 0 Å². The van der Waals surface area contributed by atoms with E-state index in [4.69, 9.17) is 0 Å². The second-order valence-corrected chi connectivity index (χ2v) is 10.9. The first kappa shape index (κ1) is 28.8. The molecule has 1 saturated heterocycles. The van der Waals surface area contributed by atoms with Crippen LogP contribution in [0.5, 0.6) is 0 Å². The molecular weight excluding hydrogens is 548 g/mol. The molecule has 0 aliphatic carbocycles. The third-order valence-electron chi connectivity index (χ3n) is 7.80. The van der Waals surface area contributed by atoms with Crippen LogP contribution in [0.15, 0.2) is 48.7 Å². The summed E-state index contributed by atoms with van der Waals surface area (Å²) in [6.45, 7) is 4.10. The molecule has 0 N–H and O–H groups in total. The first-order chi connectivity index (χ1) is 19.2. The number of hydrogen-bond acceptors (Lipinski definition) is 3. The molecule has 2 aliphatic heterocycles. The quantitative estimate of drug-likeness (QED) is 0.291. The van der Waals surface area contributed by atoms with E-state index in [1.165, 1.54) is 30.5 Å². The number of nitrogens with zero attached hydrogens (tertiary/aromatic N) is 5. The number of aryl methyl sites for hydroxylation is 1. The van der Waals surface area contributed by atoms with Gasteiger partial charge in [0.05, 0.1) is 23.8 Å². The Labute approximate surface area is 234 Å². The van der Waals surface area contributed by atoms with Crippen molar-refractivity contribution in [3.05, 3.63) is 76.7 Å². The summed E-state index contributed by atoms with van der Waals surface area (Å²) in [4.78, 5) is 18.7. The van der Waals surface area contributed by atoms with Crippen molar-refractivity contribution < 1.29 is 31.1 Å². The first-order valence-corrected chi connectivity index (χ1v) is 13.4. The van der Waals surface area contributed by atoms with Crippen molar-refractivity contribution in [2.45, 2.75) is 70.9 Å². The maximum atomic E-state index is 14.6. The Kier molecular flexibility index (Phi) is 7.46. The number of piperidine rings is 1. The number of anilines is 2. The molecule has 0 spiro atoms. The van der Waals surface area contributed by atoms with Crippen LogP contribution in [0, 0.1) is 12.7 Å². The zero-order valence-electron chi connectivity index (χ0n) is 22.9. The van der Waals surface area contributed by atoms with Crippen LogP contribution in [-0.4, -0.2) is 45.8 Å². The smallest absolute Gasteiger partial charge is 0.369 e. The SMILES string of the molecule is Cc1cccc(F)c1N1CCC(N2C(=O)N(Cc3ccccc3C(F)(F)F)c3nn(CC(C)(F)F)cc3C2C)CC1. The monoisotopic (exact) mass is 579 g/mol. The van der Waals surface area contributed by atoms with Crippen molar-refractivity contribution in [3.8, 4) is 0 Å². The predicted molar refractivity (Wildman–Crippen MR) is 142 cm³/mol. The third-order valence-corrected chi connectivity index (χ3v) is 7.80. The normalized spacial score (nSPS) is 18.7. The van der Waals surface area contributed by atoms with Crippen LogP contribution in [0.2, 0.25) is 0 Å². The zero-order chi connectivity index (χ0) is 29.7. The number of fused-ring (bicyclic) bond motifs is 1. The highest BCUT2D eigenvalue weighted by molar-refractivity contribution is 5.94. The van der Waals surface area contributed by atoms with Gasteiger partial charge in [0.2, 0.25) is 0 Å². The fourth-order valence-corrected chi connectivity index (χ4v) is 5.95. The molecule has 12 heteroatoms. The van der Waals surface area contributed by atoms with Crippen molar-refractivity contribution in [3.63, 3.8) is 0 Å². The van der Waals surface area contributed by atoms with E-state index in [1.54, 1.807) is 17.9 Å². The number of carbonyl (C=O) groups is 1. The molecule has 1 fully saturated rings. The van der Waals surface area contributed by atoms with E-state index >= 15 is 0 Å². The molecule has 2 aromatic carbocycles. The number of halogens is 6. The highest BCUT2D eigenvalue weighted by Crippen LogP contribution is 2.41. The van der Waals surface area contributed by atoms with E-state index in [1.807, 2.05) is 17.9 Å². The van der Waals surface area contributed by atoms with Gasteiger partial charge in [-0.3, -0.25) is 9.58 Å². The van der Waals surface area contributed by atoms with Crippen molar-refractivity contribution in [2.24, 2.45) is 0 Å². The number of amides is 2. The number of hydrogen-bond donors (Lipinski definition) is 0. The van der Waals surface area contributed by atoms with E-state index < -0.39 is 42.8 Å². The molecule has 2 aliphatic rings. The lowest BCUT2D eigenvalue weighted by Crippen LogP contribution is -2.55. The zero-order valence-corrected chi connectivity index (χ0v) is 22.9. The Morgan fingerprint density at radius 2 is 1.68 bits per heavy atom. The van der Waals surface area contributed by atoms with Gasteiger partial charge in [-0.2, -0.15) is 18.3 Å². The van der Waals surface area contributed by atoms with Crippen LogP contribution in [0.4, 0.5) is 42.6 Å². The van der Waals surface area contributed by atoms with Crippen LogP contribution in [0.1, 0.15) is 55.0 Å². The fourth-order valence-electron chi connectivity index (χ4n) is 5.95. The van der Waals surface area contributed by atoms with E-state index in [2.05, 4.69) is 5.10 Å². The summed E-state index contributed by atoms with van der Waals surface area (Å²) in [6.07, 6.45) is -2.22. The van der Waals surface area contributed by atoms with E-state index in [9.17, 15) is 31.1 Å². The van der Waals surface area contributed by atoms with Crippen LogP contribution < -0.4 is 9.80 Å². The minimum atomic E-state index is -4.65. The second-order valence-electron chi connectivity index (χ2n) is 10.9. The molecule has 6 nitrogen and oxygen atoms in total. The maximum Gasteiger partial charge on any atom is 0.416 e. The fraction of sp³-hybridized carbons (Fsp3) is 0.448. The van der Waals surface area contributed by atoms with E-state index in [0.717, 1.165) is 28.1 Å². The molecule has 1 unspecified atom stereocenters. The van der Waals surface area contributed by atoms with Gasteiger partial charge in [0.25, 0.3) is 5.92 Å². The van der Waals surface area contributed by atoms with Gasteiger partial charge in [0, 0.05) is 37.8 Å². The molecule has 0 radical (unpaired) electrons. The highest BCUT2D eigenvalue weighted by atomic mass is 19.4. The molecule has 1 aromatic heterocycles. The van der Waals surface area contributed by atoms with Gasteiger partial charge in [0.1, 0.15) is 12.4 Å². The predicted octanol–water partition coefficient (Wildman–Crippen LogP) is 7.18. The molecule has 220 valence electrons. The lowest BCUT2D eigenvalue weighted by atomic mass is 9.96. The molecule has 3 heterocycles. The second kappa shape index (κ2) is 10.6. The lowest BCUT2D eigenvalue weighted by molar-refractivity contribution is -0.138. The van der Waals surface area contributed by atoms with Crippen LogP contribution in [0.25, 0.3) is 0 Å². The Morgan fingerprint density at radius 3 is 2.32 bits per heavy atom. The van der Waals surface area contributed by atoms with E-state index in [-0.39, 0.29) is 23.2 Å². The number of rotatable bonds is 6. The molecule has 0 saturated carbocycles. The summed E-state index contributed by atoms with van der Waals surface area (Å²) in [5.74, 6) is -3.35. The number of carbonyl (C=O) groups excluding carboxylic acids is 1. The minimum Gasteiger partial charge on any atom is -0.369 e. The summed E-state index contributed by atoms with van der Waals surface area (Å²) in [7, 11) is 0. The molecule has 3 aromatic rings. The van der Waals surface area contributed by atoms with E-state index in [0.29, 0.717) is 37.2 Å². The largest absolute Gasteiger partial charge is 0.416 e. The van der Waals surface area contributed by atoms with Crippen molar-refractivity contribution in [1.82, 2.24) is 14.7 Å². The van der Waals surface area contributed by atoms with Gasteiger partial charge in [-0.05, 0) is 49.9 Å². The average molecular weight is 580 g/mol. The number of urea groups is 1. The average Bonchev–Trinajstić information content (AvgIpc) is 3.29. The number of benzene rings is 2. The Balaban J connectivity index is 1.47. The Morgan fingerprint density at radius 1 is 1.00 bits per heavy atom. The number of para-hydroxylation sites is 1. The third kappa shape index (κ3) is 5.73. The summed E-state index contributed by atoms with van der Waals surface area (Å²) < 4.78 is 84.8. The van der Waals surface area contributed by atoms with Gasteiger partial charge in [0.15, 0.2) is 5.82 Å². The summed E-state index contributed by atoms with van der Waals surface area (Å²) in [5.41, 5.74) is 0.774. The standard InChI is InChI=1S/C29H31F6N5O/c1-18-7-6-10-24(30)25(18)37-13-11-21(12-14-37)40-19(2)22-16-38(17-28(3,31)32)36-26(22)39(27(40)41)15-20-8-4-5-9-23(20)29(33,34)35/h4-10,16,19,21H,11-15,17H2,1-3H3. The van der Waals surface area contributed by atoms with Gasteiger partial charge < -0.3 is 9.80 Å². The number of aromatic nitrogens is 2. The Bertz CT molecular complexity index is 1400. The van der Waals surface area contributed by atoms with Crippen LogP contribution >= 0.6 is 0 Å². The Hall–Kier alpha value is -3.70. The molecule has 1 atom stereocenters. The molecule has 2 amide bonds.